The van der Waals surface area contributed by atoms with Gasteiger partial charge < -0.3 is 26.4 Å². The molecule has 34 heavy (non-hydrogen) atoms. The van der Waals surface area contributed by atoms with Crippen molar-refractivity contribution >= 4 is 23.6 Å². The Balaban J connectivity index is 1.84. The van der Waals surface area contributed by atoms with Crippen molar-refractivity contribution in [3.05, 3.63) is 0 Å². The van der Waals surface area contributed by atoms with E-state index in [4.69, 9.17) is 5.73 Å². The summed E-state index contributed by atoms with van der Waals surface area (Å²) in [5, 5.41) is 16.1. The highest BCUT2D eigenvalue weighted by molar-refractivity contribution is 5.94. The summed E-state index contributed by atoms with van der Waals surface area (Å²) in [7, 11) is 0. The van der Waals surface area contributed by atoms with Gasteiger partial charge in [0.1, 0.15) is 12.1 Å². The van der Waals surface area contributed by atoms with Gasteiger partial charge in [-0.15, -0.1) is 0 Å². The van der Waals surface area contributed by atoms with E-state index in [0.29, 0.717) is 18.9 Å². The Morgan fingerprint density at radius 1 is 1.12 bits per heavy atom. The van der Waals surface area contributed by atoms with Crippen LogP contribution in [0.4, 0.5) is 0 Å². The Kier molecular flexibility index (Phi) is 7.10. The molecule has 9 heteroatoms. The molecule has 0 aromatic heterocycles. The van der Waals surface area contributed by atoms with Gasteiger partial charge in [-0.3, -0.25) is 19.2 Å². The average Bonchev–Trinajstić information content (AvgIpc) is 3.56. The molecule has 5 N–H and O–H groups in total. The Morgan fingerprint density at radius 2 is 1.71 bits per heavy atom. The number of piperidine rings is 1. The zero-order valence-corrected chi connectivity index (χ0v) is 21.6. The van der Waals surface area contributed by atoms with E-state index in [0.717, 1.165) is 12.8 Å². The summed E-state index contributed by atoms with van der Waals surface area (Å²) in [6, 6.07) is -2.29. The third-order valence-corrected chi connectivity index (χ3v) is 7.97. The normalized spacial score (nSPS) is 28.0. The van der Waals surface area contributed by atoms with E-state index in [2.05, 4.69) is 24.5 Å². The van der Waals surface area contributed by atoms with Crippen LogP contribution >= 0.6 is 0 Å². The van der Waals surface area contributed by atoms with Crippen molar-refractivity contribution in [2.45, 2.75) is 92.0 Å². The molecule has 0 radical (unpaired) electrons. The standard InChI is InChI=1S/C25H42N4O5/c1-12(2)21(32)28-19(24(3,4)5)23(34)29-11-14-16(25(14,6)7)17(29)22(33)27-15(10-13-8-9-13)18(30)20(26)31/h12-19,30H,8-11H2,1-7H3,(H2,26,31)(H,27,33)(H,28,32)/t14?,15?,16-,17?,18?,19-/m1/s1. The maximum absolute atomic E-state index is 13.8. The van der Waals surface area contributed by atoms with Crippen LogP contribution in [0.1, 0.15) is 67.7 Å². The number of rotatable bonds is 9. The lowest BCUT2D eigenvalue weighted by Gasteiger charge is -2.38. The second-order valence-electron chi connectivity index (χ2n) is 12.5. The fourth-order valence-corrected chi connectivity index (χ4v) is 5.38. The number of hydrogen-bond acceptors (Lipinski definition) is 5. The molecule has 4 unspecified atom stereocenters. The minimum absolute atomic E-state index is 0.0230. The van der Waals surface area contributed by atoms with E-state index >= 15 is 0 Å². The maximum Gasteiger partial charge on any atom is 0.248 e. The second-order valence-corrected chi connectivity index (χ2v) is 12.5. The number of carbonyl (C=O) groups is 4. The van der Waals surface area contributed by atoms with Crippen LogP contribution in [0.15, 0.2) is 0 Å². The smallest absolute Gasteiger partial charge is 0.248 e. The highest BCUT2D eigenvalue weighted by Crippen LogP contribution is 2.65. The number of nitrogens with one attached hydrogen (secondary N) is 2. The Bertz CT molecular complexity index is 845. The molecule has 3 rings (SSSR count). The SMILES string of the molecule is CC(C)C(=O)N[C@H](C(=O)N1CC2[C@H](C1C(=O)NC(CC1CC1)C(O)C(N)=O)C2(C)C)C(C)(C)C. The minimum Gasteiger partial charge on any atom is -0.381 e. The van der Waals surface area contributed by atoms with Gasteiger partial charge in [-0.1, -0.05) is 61.3 Å². The van der Waals surface area contributed by atoms with Gasteiger partial charge in [-0.05, 0) is 35.0 Å². The van der Waals surface area contributed by atoms with Crippen LogP contribution in [0.2, 0.25) is 0 Å². The molecule has 1 aliphatic heterocycles. The number of aliphatic hydroxyl groups is 1. The molecule has 2 aliphatic carbocycles. The zero-order valence-electron chi connectivity index (χ0n) is 21.6. The fraction of sp³-hybridized carbons (Fsp3) is 0.840. The highest BCUT2D eigenvalue weighted by Gasteiger charge is 2.69. The number of amides is 4. The highest BCUT2D eigenvalue weighted by atomic mass is 16.3. The van der Waals surface area contributed by atoms with E-state index in [1.54, 1.807) is 18.7 Å². The number of likely N-dealkylation sites (tertiary alicyclic amines) is 1. The van der Waals surface area contributed by atoms with Crippen LogP contribution in [0.5, 0.6) is 0 Å². The van der Waals surface area contributed by atoms with E-state index in [1.807, 2.05) is 20.8 Å². The average molecular weight is 479 g/mol. The lowest BCUT2D eigenvalue weighted by molar-refractivity contribution is -0.146. The first-order valence-electron chi connectivity index (χ1n) is 12.5. The molecule has 3 aliphatic rings. The molecule has 0 spiro atoms. The topological polar surface area (TPSA) is 142 Å². The molecular weight excluding hydrogens is 436 g/mol. The van der Waals surface area contributed by atoms with E-state index < -0.39 is 35.6 Å². The molecule has 0 aromatic rings. The first kappa shape index (κ1) is 26.4. The number of hydrogen-bond donors (Lipinski definition) is 4. The zero-order chi connectivity index (χ0) is 25.7. The second kappa shape index (κ2) is 9.13. The maximum atomic E-state index is 13.8. The van der Waals surface area contributed by atoms with Gasteiger partial charge in [0.05, 0.1) is 6.04 Å². The summed E-state index contributed by atoms with van der Waals surface area (Å²) < 4.78 is 0. The van der Waals surface area contributed by atoms with Gasteiger partial charge in [0.25, 0.3) is 0 Å². The molecule has 0 aromatic carbocycles. The largest absolute Gasteiger partial charge is 0.381 e. The van der Waals surface area contributed by atoms with Crippen LogP contribution in [-0.2, 0) is 19.2 Å². The molecule has 1 saturated heterocycles. The number of nitrogens with zero attached hydrogens (tertiary/aromatic N) is 1. The van der Waals surface area contributed by atoms with Crippen molar-refractivity contribution in [2.75, 3.05) is 6.54 Å². The first-order valence-corrected chi connectivity index (χ1v) is 12.5. The van der Waals surface area contributed by atoms with E-state index in [-0.39, 0.29) is 40.9 Å². The summed E-state index contributed by atoms with van der Waals surface area (Å²) in [5.41, 5.74) is 4.68. The van der Waals surface area contributed by atoms with Crippen LogP contribution in [0.3, 0.4) is 0 Å². The minimum atomic E-state index is -1.48. The van der Waals surface area contributed by atoms with Crippen molar-refractivity contribution in [3.8, 4) is 0 Å². The summed E-state index contributed by atoms with van der Waals surface area (Å²) in [6.45, 7) is 13.8. The Hall–Kier alpha value is -2.16. The summed E-state index contributed by atoms with van der Waals surface area (Å²) >= 11 is 0. The van der Waals surface area contributed by atoms with E-state index in [9.17, 15) is 24.3 Å². The predicted molar refractivity (Wildman–Crippen MR) is 127 cm³/mol. The molecule has 0 bridgehead atoms. The van der Waals surface area contributed by atoms with Crippen molar-refractivity contribution in [2.24, 2.45) is 40.2 Å². The van der Waals surface area contributed by atoms with Gasteiger partial charge in [-0.2, -0.15) is 0 Å². The predicted octanol–water partition coefficient (Wildman–Crippen LogP) is 0.787. The third kappa shape index (κ3) is 5.24. The van der Waals surface area contributed by atoms with Crippen LogP contribution < -0.4 is 16.4 Å². The Labute approximate surface area is 202 Å². The molecule has 6 atom stereocenters. The Morgan fingerprint density at radius 3 is 2.18 bits per heavy atom. The summed E-state index contributed by atoms with van der Waals surface area (Å²) in [5.74, 6) is -1.52. The van der Waals surface area contributed by atoms with Crippen LogP contribution in [-0.4, -0.2) is 64.4 Å². The van der Waals surface area contributed by atoms with Crippen molar-refractivity contribution < 1.29 is 24.3 Å². The number of primary amides is 1. The fourth-order valence-electron chi connectivity index (χ4n) is 5.38. The molecule has 4 amide bonds. The van der Waals surface area contributed by atoms with Crippen molar-refractivity contribution in [1.82, 2.24) is 15.5 Å². The van der Waals surface area contributed by atoms with E-state index in [1.165, 1.54) is 0 Å². The van der Waals surface area contributed by atoms with Gasteiger partial charge in [0, 0.05) is 12.5 Å². The number of aliphatic hydroxyl groups excluding tert-OH is 1. The van der Waals surface area contributed by atoms with Gasteiger partial charge >= 0.3 is 0 Å². The number of fused-ring (bicyclic) bond motifs is 1. The molecule has 1 heterocycles. The first-order chi connectivity index (χ1) is 15.6. The number of nitrogens with two attached hydrogens (primary N) is 1. The molecular formula is C25H42N4O5. The van der Waals surface area contributed by atoms with Crippen LogP contribution in [0.25, 0.3) is 0 Å². The summed E-state index contributed by atoms with van der Waals surface area (Å²) in [4.78, 5) is 53.1. The summed E-state index contributed by atoms with van der Waals surface area (Å²) in [6.07, 6.45) is 0.979. The monoisotopic (exact) mass is 478 g/mol. The lowest BCUT2D eigenvalue weighted by atomic mass is 9.84. The van der Waals surface area contributed by atoms with Gasteiger partial charge in [0.15, 0.2) is 6.10 Å². The third-order valence-electron chi connectivity index (χ3n) is 7.97. The van der Waals surface area contributed by atoms with Crippen molar-refractivity contribution in [3.63, 3.8) is 0 Å². The van der Waals surface area contributed by atoms with Crippen molar-refractivity contribution in [1.29, 1.82) is 0 Å². The molecule has 2 saturated carbocycles. The van der Waals surface area contributed by atoms with Gasteiger partial charge in [0.2, 0.25) is 23.6 Å². The van der Waals surface area contributed by atoms with Crippen LogP contribution in [0, 0.1) is 34.5 Å². The quantitative estimate of drug-likeness (QED) is 0.388. The molecule has 9 nitrogen and oxygen atoms in total. The molecule has 3 fully saturated rings. The lowest BCUT2D eigenvalue weighted by Crippen LogP contribution is -2.61. The number of carbonyl (C=O) groups excluding carboxylic acids is 4. The van der Waals surface area contributed by atoms with Gasteiger partial charge in [-0.25, -0.2) is 0 Å². The molecule has 192 valence electrons.